The van der Waals surface area contributed by atoms with Crippen LogP contribution in [0.25, 0.3) is 0 Å². The zero-order valence-corrected chi connectivity index (χ0v) is 14.6. The molecule has 0 saturated heterocycles. The lowest BCUT2D eigenvalue weighted by molar-refractivity contribution is 0.407. The molecular formula is C17H18BrN3S. The highest BCUT2D eigenvalue weighted by Crippen LogP contribution is 2.38. The Bertz CT molecular complexity index is 654. The smallest absolute Gasteiger partial charge is 0.171 e. The maximum Gasteiger partial charge on any atom is 0.171 e. The summed E-state index contributed by atoms with van der Waals surface area (Å²) >= 11 is 9.01. The molecule has 1 aliphatic carbocycles. The molecule has 0 spiro atoms. The van der Waals surface area contributed by atoms with Crippen LogP contribution in [0.4, 0.5) is 5.69 Å². The van der Waals surface area contributed by atoms with E-state index in [-0.39, 0.29) is 5.54 Å². The predicted molar refractivity (Wildman–Crippen MR) is 97.9 cm³/mol. The molecule has 1 aromatic carbocycles. The number of hydrogen-bond acceptors (Lipinski definition) is 2. The lowest BCUT2D eigenvalue weighted by Gasteiger charge is -2.32. The van der Waals surface area contributed by atoms with Crippen LogP contribution in [0.1, 0.15) is 31.2 Å². The maximum absolute atomic E-state index is 5.53. The van der Waals surface area contributed by atoms with E-state index in [0.29, 0.717) is 5.11 Å². The molecule has 0 bridgehead atoms. The van der Waals surface area contributed by atoms with Crippen molar-refractivity contribution in [3.63, 3.8) is 0 Å². The highest BCUT2D eigenvalue weighted by atomic mass is 79.9. The second-order valence-electron chi connectivity index (χ2n) is 5.62. The van der Waals surface area contributed by atoms with Crippen molar-refractivity contribution >= 4 is 38.9 Å². The minimum absolute atomic E-state index is 0.0929. The van der Waals surface area contributed by atoms with Crippen LogP contribution in [-0.2, 0) is 5.54 Å². The van der Waals surface area contributed by atoms with Crippen molar-refractivity contribution in [3.05, 3.63) is 58.8 Å². The van der Waals surface area contributed by atoms with Crippen LogP contribution in [0.2, 0.25) is 0 Å². The molecule has 3 rings (SSSR count). The number of aromatic nitrogens is 1. The summed E-state index contributed by atoms with van der Waals surface area (Å²) in [6.07, 6.45) is 8.34. The van der Waals surface area contributed by atoms with E-state index in [0.717, 1.165) is 23.0 Å². The molecule has 1 fully saturated rings. The number of rotatable bonds is 3. The molecule has 1 saturated carbocycles. The first-order chi connectivity index (χ1) is 10.7. The molecule has 1 aliphatic rings. The van der Waals surface area contributed by atoms with Crippen LogP contribution in [0.15, 0.2) is 53.3 Å². The fourth-order valence-electron chi connectivity index (χ4n) is 3.06. The summed E-state index contributed by atoms with van der Waals surface area (Å²) in [5, 5.41) is 7.47. The average molecular weight is 376 g/mol. The van der Waals surface area contributed by atoms with Gasteiger partial charge in [0.1, 0.15) is 0 Å². The second kappa shape index (κ2) is 6.75. The number of hydrogen-bond donors (Lipinski definition) is 2. The first-order valence-electron chi connectivity index (χ1n) is 7.43. The first kappa shape index (κ1) is 15.4. The van der Waals surface area contributed by atoms with Crippen molar-refractivity contribution in [2.24, 2.45) is 0 Å². The number of anilines is 1. The zero-order chi connectivity index (χ0) is 15.4. The Hall–Kier alpha value is -1.46. The molecule has 1 heterocycles. The summed E-state index contributed by atoms with van der Waals surface area (Å²) < 4.78 is 1.03. The van der Waals surface area contributed by atoms with E-state index in [1.54, 1.807) is 0 Å². The summed E-state index contributed by atoms with van der Waals surface area (Å²) in [7, 11) is 0. The monoisotopic (exact) mass is 375 g/mol. The van der Waals surface area contributed by atoms with Gasteiger partial charge in [-0.3, -0.25) is 4.98 Å². The van der Waals surface area contributed by atoms with E-state index in [1.807, 2.05) is 42.7 Å². The third kappa shape index (κ3) is 3.47. The minimum Gasteiger partial charge on any atom is -0.353 e. The molecule has 3 nitrogen and oxygen atoms in total. The number of nitrogens with zero attached hydrogens (tertiary/aromatic N) is 1. The molecule has 0 aliphatic heterocycles. The molecule has 22 heavy (non-hydrogen) atoms. The lowest BCUT2D eigenvalue weighted by Crippen LogP contribution is -2.45. The Kier molecular flexibility index (Phi) is 4.74. The molecule has 0 radical (unpaired) electrons. The second-order valence-corrected chi connectivity index (χ2v) is 6.94. The SMILES string of the molecule is S=C(Nc1cccc(Br)c1)NC1(c2cccnc2)CCCC1. The van der Waals surface area contributed by atoms with E-state index in [1.165, 1.54) is 18.4 Å². The molecule has 1 aromatic heterocycles. The summed E-state index contributed by atoms with van der Waals surface area (Å²) in [6, 6.07) is 12.1. The number of halogens is 1. The van der Waals surface area contributed by atoms with E-state index in [9.17, 15) is 0 Å². The number of thiocarbonyl (C=S) groups is 1. The molecule has 2 N–H and O–H groups in total. The van der Waals surface area contributed by atoms with Crippen molar-refractivity contribution in [1.82, 2.24) is 10.3 Å². The Morgan fingerprint density at radius 1 is 1.18 bits per heavy atom. The maximum atomic E-state index is 5.53. The molecule has 0 unspecified atom stereocenters. The van der Waals surface area contributed by atoms with Crippen molar-refractivity contribution in [3.8, 4) is 0 Å². The minimum atomic E-state index is -0.0929. The molecule has 2 aromatic rings. The Morgan fingerprint density at radius 2 is 2.00 bits per heavy atom. The van der Waals surface area contributed by atoms with E-state index >= 15 is 0 Å². The Balaban J connectivity index is 1.76. The van der Waals surface area contributed by atoms with Gasteiger partial charge in [-0.25, -0.2) is 0 Å². The summed E-state index contributed by atoms with van der Waals surface area (Å²) in [6.45, 7) is 0. The number of nitrogens with one attached hydrogen (secondary N) is 2. The van der Waals surface area contributed by atoms with Gasteiger partial charge in [-0.1, -0.05) is 40.9 Å². The summed E-state index contributed by atoms with van der Waals surface area (Å²) in [4.78, 5) is 4.27. The van der Waals surface area contributed by atoms with Gasteiger partial charge in [-0.05, 0) is 54.9 Å². The van der Waals surface area contributed by atoms with Gasteiger partial charge >= 0.3 is 0 Å². The number of benzene rings is 1. The predicted octanol–water partition coefficient (Wildman–Crippen LogP) is 4.60. The van der Waals surface area contributed by atoms with Gasteiger partial charge in [0.05, 0.1) is 5.54 Å². The Morgan fingerprint density at radius 3 is 2.68 bits per heavy atom. The standard InChI is InChI=1S/C17H18BrN3S/c18-14-6-3-7-15(11-14)20-16(22)21-17(8-1-2-9-17)13-5-4-10-19-12-13/h3-7,10-12H,1-2,8-9H2,(H2,20,21,22). The zero-order valence-electron chi connectivity index (χ0n) is 12.2. The van der Waals surface area contributed by atoms with Crippen LogP contribution in [-0.4, -0.2) is 10.1 Å². The quantitative estimate of drug-likeness (QED) is 0.768. The third-order valence-corrected chi connectivity index (χ3v) is 4.80. The van der Waals surface area contributed by atoms with Crippen molar-refractivity contribution in [2.45, 2.75) is 31.2 Å². The fraction of sp³-hybridized carbons (Fsp3) is 0.294. The van der Waals surface area contributed by atoms with Gasteiger partial charge in [0.15, 0.2) is 5.11 Å². The van der Waals surface area contributed by atoms with Gasteiger partial charge in [0.2, 0.25) is 0 Å². The van der Waals surface area contributed by atoms with Crippen LogP contribution >= 0.6 is 28.1 Å². The molecule has 114 valence electrons. The normalized spacial score (nSPS) is 16.2. The molecule has 0 atom stereocenters. The van der Waals surface area contributed by atoms with Crippen LogP contribution in [0, 0.1) is 0 Å². The largest absolute Gasteiger partial charge is 0.353 e. The van der Waals surface area contributed by atoms with E-state index < -0.39 is 0 Å². The molecule has 5 heteroatoms. The van der Waals surface area contributed by atoms with Crippen LogP contribution < -0.4 is 10.6 Å². The van der Waals surface area contributed by atoms with Crippen molar-refractivity contribution in [2.75, 3.05) is 5.32 Å². The van der Waals surface area contributed by atoms with Gasteiger partial charge in [0.25, 0.3) is 0 Å². The van der Waals surface area contributed by atoms with E-state index in [4.69, 9.17) is 12.2 Å². The van der Waals surface area contributed by atoms with Crippen LogP contribution in [0.3, 0.4) is 0 Å². The topological polar surface area (TPSA) is 37.0 Å². The average Bonchev–Trinajstić information content (AvgIpc) is 2.98. The van der Waals surface area contributed by atoms with Crippen molar-refractivity contribution < 1.29 is 0 Å². The highest BCUT2D eigenvalue weighted by Gasteiger charge is 2.36. The molecular weight excluding hydrogens is 358 g/mol. The van der Waals surface area contributed by atoms with E-state index in [2.05, 4.69) is 37.6 Å². The van der Waals surface area contributed by atoms with Crippen LogP contribution in [0.5, 0.6) is 0 Å². The van der Waals surface area contributed by atoms with Gasteiger partial charge in [-0.15, -0.1) is 0 Å². The highest BCUT2D eigenvalue weighted by molar-refractivity contribution is 9.10. The van der Waals surface area contributed by atoms with Crippen molar-refractivity contribution in [1.29, 1.82) is 0 Å². The summed E-state index contributed by atoms with van der Waals surface area (Å²) in [5.41, 5.74) is 2.10. The van der Waals surface area contributed by atoms with Gasteiger partial charge in [-0.2, -0.15) is 0 Å². The fourth-order valence-corrected chi connectivity index (χ4v) is 3.77. The summed E-state index contributed by atoms with van der Waals surface area (Å²) in [5.74, 6) is 0. The van der Waals surface area contributed by atoms with Gasteiger partial charge in [0, 0.05) is 22.6 Å². The molecule has 0 amide bonds. The number of pyridine rings is 1. The lowest BCUT2D eigenvalue weighted by atomic mass is 9.89. The van der Waals surface area contributed by atoms with Gasteiger partial charge < -0.3 is 10.6 Å². The first-order valence-corrected chi connectivity index (χ1v) is 8.63. The Labute approximate surface area is 144 Å². The third-order valence-electron chi connectivity index (χ3n) is 4.11.